The molecule has 108 valence electrons. The molecule has 2 atom stereocenters. The van der Waals surface area contributed by atoms with Crippen LogP contribution in [-0.2, 0) is 0 Å². The van der Waals surface area contributed by atoms with Gasteiger partial charge in [-0.25, -0.2) is 0 Å². The maximum Gasteiger partial charge on any atom is 0.151 e. The van der Waals surface area contributed by atoms with Crippen molar-refractivity contribution in [3.63, 3.8) is 0 Å². The van der Waals surface area contributed by atoms with Crippen molar-refractivity contribution in [2.45, 2.75) is 24.9 Å². The second-order valence-corrected chi connectivity index (χ2v) is 5.97. The van der Waals surface area contributed by atoms with E-state index in [0.717, 1.165) is 30.2 Å². The first-order chi connectivity index (χ1) is 10.3. The minimum absolute atomic E-state index is 0.670. The molecule has 0 N–H and O–H groups in total. The molecule has 0 spiro atoms. The van der Waals surface area contributed by atoms with E-state index in [1.54, 1.807) is 6.20 Å². The van der Waals surface area contributed by atoms with Crippen LogP contribution >= 0.6 is 0 Å². The van der Waals surface area contributed by atoms with Crippen LogP contribution in [0.25, 0.3) is 11.3 Å². The molecule has 21 heavy (non-hydrogen) atoms. The number of anilines is 1. The number of aromatic nitrogens is 3. The first-order valence-electron chi connectivity index (χ1n) is 7.52. The summed E-state index contributed by atoms with van der Waals surface area (Å²) in [6.07, 6.45) is 6.20. The quantitative estimate of drug-likeness (QED) is 0.840. The van der Waals surface area contributed by atoms with Crippen LogP contribution in [0.2, 0.25) is 0 Å². The molecule has 0 amide bonds. The highest BCUT2D eigenvalue weighted by molar-refractivity contribution is 5.58. The first kappa shape index (κ1) is 12.7. The number of likely N-dealkylation sites (N-methyl/N-ethyl adjacent to an activating group) is 1. The molecule has 5 heteroatoms. The van der Waals surface area contributed by atoms with E-state index in [0.29, 0.717) is 12.1 Å². The zero-order valence-corrected chi connectivity index (χ0v) is 12.2. The van der Waals surface area contributed by atoms with Crippen molar-refractivity contribution in [1.82, 2.24) is 20.1 Å². The van der Waals surface area contributed by atoms with Crippen molar-refractivity contribution in [3.05, 3.63) is 36.7 Å². The maximum absolute atomic E-state index is 4.43. The molecule has 2 unspecified atom stereocenters. The van der Waals surface area contributed by atoms with E-state index in [1.165, 1.54) is 12.8 Å². The summed E-state index contributed by atoms with van der Waals surface area (Å²) in [5.74, 6) is 0.993. The monoisotopic (exact) mass is 281 g/mol. The minimum atomic E-state index is 0.670. The Kier molecular flexibility index (Phi) is 3.07. The Labute approximate surface area is 124 Å². The molecule has 2 saturated heterocycles. The summed E-state index contributed by atoms with van der Waals surface area (Å²) >= 11 is 0. The highest BCUT2D eigenvalue weighted by Gasteiger charge is 2.37. The number of hydrogen-bond acceptors (Lipinski definition) is 5. The molecule has 2 aromatic rings. The summed E-state index contributed by atoms with van der Waals surface area (Å²) in [4.78, 5) is 9.03. The summed E-state index contributed by atoms with van der Waals surface area (Å²) in [5, 5.41) is 8.80. The van der Waals surface area contributed by atoms with Gasteiger partial charge in [0.25, 0.3) is 0 Å². The molecule has 4 heterocycles. The molecule has 2 aliphatic heterocycles. The van der Waals surface area contributed by atoms with Gasteiger partial charge in [0.2, 0.25) is 0 Å². The Hall–Kier alpha value is -2.01. The molecule has 0 aliphatic carbocycles. The van der Waals surface area contributed by atoms with Gasteiger partial charge in [-0.05, 0) is 44.2 Å². The lowest BCUT2D eigenvalue weighted by Crippen LogP contribution is -2.52. The normalized spacial score (nSPS) is 25.3. The van der Waals surface area contributed by atoms with Crippen LogP contribution in [-0.4, -0.2) is 52.3 Å². The van der Waals surface area contributed by atoms with Gasteiger partial charge in [-0.2, -0.15) is 0 Å². The number of pyridine rings is 1. The molecule has 5 nitrogen and oxygen atoms in total. The second-order valence-electron chi connectivity index (χ2n) is 5.97. The summed E-state index contributed by atoms with van der Waals surface area (Å²) < 4.78 is 0. The van der Waals surface area contributed by atoms with Gasteiger partial charge < -0.3 is 4.90 Å². The number of piperazine rings is 1. The fourth-order valence-electron chi connectivity index (χ4n) is 3.46. The van der Waals surface area contributed by atoms with Crippen LogP contribution in [0.15, 0.2) is 36.7 Å². The second kappa shape index (κ2) is 5.07. The molecule has 0 radical (unpaired) electrons. The molecule has 0 saturated carbocycles. The number of fused-ring (bicyclic) bond motifs is 2. The third-order valence-corrected chi connectivity index (χ3v) is 4.78. The average molecular weight is 281 g/mol. The summed E-state index contributed by atoms with van der Waals surface area (Å²) in [6, 6.07) is 9.39. The van der Waals surface area contributed by atoms with Gasteiger partial charge in [-0.1, -0.05) is 0 Å². The Morgan fingerprint density at radius 2 is 1.86 bits per heavy atom. The zero-order chi connectivity index (χ0) is 14.2. The van der Waals surface area contributed by atoms with Crippen LogP contribution in [0.4, 0.5) is 5.82 Å². The van der Waals surface area contributed by atoms with Gasteiger partial charge in [-0.3, -0.25) is 9.88 Å². The lowest BCUT2D eigenvalue weighted by Gasteiger charge is -2.39. The van der Waals surface area contributed by atoms with Gasteiger partial charge in [0.05, 0.1) is 5.69 Å². The largest absolute Gasteiger partial charge is 0.352 e. The molecule has 4 rings (SSSR count). The Morgan fingerprint density at radius 3 is 2.48 bits per heavy atom. The topological polar surface area (TPSA) is 45.2 Å². The third kappa shape index (κ3) is 2.27. The van der Waals surface area contributed by atoms with Crippen LogP contribution in [0.3, 0.4) is 0 Å². The van der Waals surface area contributed by atoms with Crippen LogP contribution in [0, 0.1) is 0 Å². The van der Waals surface area contributed by atoms with Gasteiger partial charge >= 0.3 is 0 Å². The van der Waals surface area contributed by atoms with Crippen molar-refractivity contribution in [2.24, 2.45) is 0 Å². The van der Waals surface area contributed by atoms with Crippen LogP contribution in [0.5, 0.6) is 0 Å². The maximum atomic E-state index is 4.43. The Morgan fingerprint density at radius 1 is 1.05 bits per heavy atom. The van der Waals surface area contributed by atoms with Crippen LogP contribution < -0.4 is 4.90 Å². The third-order valence-electron chi connectivity index (χ3n) is 4.78. The lowest BCUT2D eigenvalue weighted by atomic mass is 10.2. The summed E-state index contributed by atoms with van der Waals surface area (Å²) in [6.45, 7) is 2.13. The molecular weight excluding hydrogens is 262 g/mol. The van der Waals surface area contributed by atoms with Gasteiger partial charge in [0.1, 0.15) is 0 Å². The molecule has 2 aromatic heterocycles. The van der Waals surface area contributed by atoms with E-state index in [9.17, 15) is 0 Å². The lowest BCUT2D eigenvalue weighted by molar-refractivity contribution is 0.211. The number of nitrogens with zero attached hydrogens (tertiary/aromatic N) is 5. The van der Waals surface area contributed by atoms with Crippen molar-refractivity contribution < 1.29 is 0 Å². The fraction of sp³-hybridized carbons (Fsp3) is 0.438. The highest BCUT2D eigenvalue weighted by Crippen LogP contribution is 2.30. The van der Waals surface area contributed by atoms with E-state index >= 15 is 0 Å². The summed E-state index contributed by atoms with van der Waals surface area (Å²) in [7, 11) is 2.25. The van der Waals surface area contributed by atoms with E-state index < -0.39 is 0 Å². The van der Waals surface area contributed by atoms with Gasteiger partial charge in [0.15, 0.2) is 5.82 Å². The smallest absolute Gasteiger partial charge is 0.151 e. The fourth-order valence-corrected chi connectivity index (χ4v) is 3.46. The molecular formula is C16H19N5. The van der Waals surface area contributed by atoms with Crippen molar-refractivity contribution in [1.29, 1.82) is 0 Å². The standard InChI is InChI=1S/C16H19N5/c1-20-13-4-5-14(20)11-21(10-13)16-7-6-15(18-19-16)12-3-2-8-17-9-12/h2-3,6-9,13-14H,4-5,10-11H2,1H3. The van der Waals surface area contributed by atoms with Crippen LogP contribution in [0.1, 0.15) is 12.8 Å². The zero-order valence-electron chi connectivity index (χ0n) is 12.2. The SMILES string of the molecule is CN1C2CCC1CN(c1ccc(-c3cccnc3)nn1)C2. The molecule has 2 bridgehead atoms. The number of hydrogen-bond donors (Lipinski definition) is 0. The van der Waals surface area contributed by atoms with E-state index in [1.807, 2.05) is 24.4 Å². The van der Waals surface area contributed by atoms with E-state index in [2.05, 4.69) is 38.1 Å². The Bertz CT molecular complexity index is 598. The first-order valence-corrected chi connectivity index (χ1v) is 7.52. The van der Waals surface area contributed by atoms with Crippen molar-refractivity contribution in [3.8, 4) is 11.3 Å². The molecule has 0 aromatic carbocycles. The van der Waals surface area contributed by atoms with E-state index in [4.69, 9.17) is 0 Å². The van der Waals surface area contributed by atoms with Crippen molar-refractivity contribution >= 4 is 5.82 Å². The van der Waals surface area contributed by atoms with Gasteiger partial charge in [0, 0.05) is 43.1 Å². The molecule has 2 fully saturated rings. The molecule has 2 aliphatic rings. The average Bonchev–Trinajstić information content (AvgIpc) is 2.77. The van der Waals surface area contributed by atoms with Crippen molar-refractivity contribution in [2.75, 3.05) is 25.0 Å². The van der Waals surface area contributed by atoms with Gasteiger partial charge in [-0.15, -0.1) is 10.2 Å². The predicted molar refractivity (Wildman–Crippen MR) is 82.0 cm³/mol. The minimum Gasteiger partial charge on any atom is -0.352 e. The highest BCUT2D eigenvalue weighted by atomic mass is 15.3. The van der Waals surface area contributed by atoms with E-state index in [-0.39, 0.29) is 0 Å². The predicted octanol–water partition coefficient (Wildman–Crippen LogP) is 1.82. The Balaban J connectivity index is 1.55. The summed E-state index contributed by atoms with van der Waals surface area (Å²) in [5.41, 5.74) is 1.89. The number of rotatable bonds is 2.